The zero-order valence-corrected chi connectivity index (χ0v) is 43.0. The smallest absolute Gasteiger partial charge is 0.267 e. The van der Waals surface area contributed by atoms with Gasteiger partial charge in [-0.2, -0.15) is 0 Å². The van der Waals surface area contributed by atoms with Gasteiger partial charge < -0.3 is 35.0 Å². The van der Waals surface area contributed by atoms with E-state index in [1.165, 1.54) is 180 Å². The molecule has 0 aliphatic heterocycles. The highest BCUT2D eigenvalue weighted by molar-refractivity contribution is 5.91. The van der Waals surface area contributed by atoms with Gasteiger partial charge in [-0.25, -0.2) is 9.97 Å². The first-order valence-electron chi connectivity index (χ1n) is 26.9. The molecule has 0 saturated carbocycles. The highest BCUT2D eigenvalue weighted by Gasteiger charge is 2.09. The third kappa shape index (κ3) is 46.1. The van der Waals surface area contributed by atoms with Gasteiger partial charge in [0.2, 0.25) is 0 Å². The van der Waals surface area contributed by atoms with Gasteiger partial charge in [0.25, 0.3) is 5.91 Å². The van der Waals surface area contributed by atoms with Crippen molar-refractivity contribution >= 4 is 24.3 Å². The van der Waals surface area contributed by atoms with E-state index in [1.54, 1.807) is 6.07 Å². The average Bonchev–Trinajstić information content (AvgIpc) is 3.31. The monoisotopic (exact) mass is 904 g/mol. The summed E-state index contributed by atoms with van der Waals surface area (Å²) in [5, 5.41) is 3.24. The van der Waals surface area contributed by atoms with Crippen molar-refractivity contribution in [3.63, 3.8) is 0 Å². The summed E-state index contributed by atoms with van der Waals surface area (Å²) in [6.45, 7) is 13.0. The van der Waals surface area contributed by atoms with E-state index in [-0.39, 0.29) is 5.69 Å². The molecule has 1 atom stereocenters. The van der Waals surface area contributed by atoms with Gasteiger partial charge in [0.15, 0.2) is 0 Å². The Labute approximate surface area is 395 Å². The number of carbonyl (C=O) groups excluding carboxylic acids is 3. The molecule has 0 aliphatic rings. The van der Waals surface area contributed by atoms with Crippen LogP contribution in [-0.2, 0) is 19.1 Å². The van der Waals surface area contributed by atoms with Crippen LogP contribution in [0.25, 0.3) is 0 Å². The van der Waals surface area contributed by atoms with Gasteiger partial charge in [-0.1, -0.05) is 182 Å². The number of amides is 1. The van der Waals surface area contributed by atoms with Gasteiger partial charge in [-0.05, 0) is 77.4 Å². The van der Waals surface area contributed by atoms with Gasteiger partial charge in [0, 0.05) is 39.7 Å². The summed E-state index contributed by atoms with van der Waals surface area (Å²) >= 11 is 0. The standard InChI is InChI=1S/C24H41N5O3.C18H38O.C12H26O/c25-24(32)22-20-23(28-21-27-22)26-14-13-17-29(15-9-5-1-3-7-11-18-30)16-10-6-2-4-8-12-19-31;1-4-6-8-10-12-14-16-18(19-3)17-15-13-11-9-7-5-2;1-4-6-7-8-9-10-11-12(5-2)13-3/h18-21H,1-17H2,(H2,25,32)(H,26,27,28);18H,4-17H2,1-3H3;12H,4-11H2,1-3H3. The van der Waals surface area contributed by atoms with Crippen molar-refractivity contribution < 1.29 is 23.9 Å². The second-order valence-corrected chi connectivity index (χ2v) is 18.0. The Morgan fingerprint density at radius 1 is 0.562 bits per heavy atom. The van der Waals surface area contributed by atoms with E-state index in [1.807, 2.05) is 14.2 Å². The van der Waals surface area contributed by atoms with Crippen molar-refractivity contribution in [3.05, 3.63) is 18.1 Å². The largest absolute Gasteiger partial charge is 0.381 e. The lowest BCUT2D eigenvalue weighted by Gasteiger charge is -2.22. The molecule has 1 aromatic rings. The maximum atomic E-state index is 11.2. The summed E-state index contributed by atoms with van der Waals surface area (Å²) in [6, 6.07) is 1.58. The molecule has 0 saturated heterocycles. The average molecular weight is 904 g/mol. The van der Waals surface area contributed by atoms with Gasteiger partial charge in [0.1, 0.15) is 30.4 Å². The van der Waals surface area contributed by atoms with Gasteiger partial charge in [0.05, 0.1) is 12.2 Å². The van der Waals surface area contributed by atoms with E-state index < -0.39 is 5.91 Å². The third-order valence-corrected chi connectivity index (χ3v) is 12.2. The van der Waals surface area contributed by atoms with Crippen LogP contribution in [0.1, 0.15) is 263 Å². The maximum absolute atomic E-state index is 11.2. The molecule has 0 bridgehead atoms. The molecule has 0 aromatic carbocycles. The summed E-state index contributed by atoms with van der Waals surface area (Å²) in [6.07, 6.45) is 48.1. The van der Waals surface area contributed by atoms with Crippen LogP contribution < -0.4 is 11.1 Å². The molecule has 0 aliphatic carbocycles. The maximum Gasteiger partial charge on any atom is 0.267 e. The number of aromatic nitrogens is 2. The first kappa shape index (κ1) is 63.7. The number of carbonyl (C=O) groups is 3. The van der Waals surface area contributed by atoms with E-state index in [9.17, 15) is 14.4 Å². The van der Waals surface area contributed by atoms with Crippen LogP contribution in [0.5, 0.6) is 0 Å². The van der Waals surface area contributed by atoms with Gasteiger partial charge in [-0.15, -0.1) is 0 Å². The Morgan fingerprint density at radius 2 is 0.953 bits per heavy atom. The number of methoxy groups -OCH3 is 2. The van der Waals surface area contributed by atoms with E-state index in [2.05, 4.69) is 47.9 Å². The Morgan fingerprint density at radius 3 is 1.36 bits per heavy atom. The number of aldehydes is 2. The molecule has 10 heteroatoms. The first-order valence-corrected chi connectivity index (χ1v) is 26.9. The topological polar surface area (TPSA) is 137 Å². The number of rotatable bonds is 46. The molecule has 376 valence electrons. The fraction of sp³-hybridized carbons (Fsp3) is 0.870. The molecular weight excluding hydrogens is 799 g/mol. The SMILES string of the molecule is CCCCCCCCC(CC)OC.CCCCCCCCC(CCCCCCCC)OC.NC(=O)c1cc(NCCCN(CCCCCCCC=O)CCCCCCCC=O)ncn1. The van der Waals surface area contributed by atoms with Crippen LogP contribution in [-0.4, -0.2) is 86.0 Å². The molecule has 10 nitrogen and oxygen atoms in total. The van der Waals surface area contributed by atoms with Crippen LogP contribution in [0.3, 0.4) is 0 Å². The number of nitrogens with zero attached hydrogens (tertiary/aromatic N) is 3. The number of anilines is 1. The molecule has 1 amide bonds. The molecule has 0 fully saturated rings. The fourth-order valence-electron chi connectivity index (χ4n) is 7.96. The molecule has 1 heterocycles. The Balaban J connectivity index is 0. The zero-order valence-electron chi connectivity index (χ0n) is 43.0. The summed E-state index contributed by atoms with van der Waals surface area (Å²) in [7, 11) is 3.71. The quantitative estimate of drug-likeness (QED) is 0.0484. The van der Waals surface area contributed by atoms with E-state index in [0.29, 0.717) is 30.9 Å². The molecule has 64 heavy (non-hydrogen) atoms. The van der Waals surface area contributed by atoms with Gasteiger partial charge >= 0.3 is 0 Å². The zero-order chi connectivity index (χ0) is 47.4. The number of nitrogens with two attached hydrogens (primary N) is 1. The fourth-order valence-corrected chi connectivity index (χ4v) is 7.96. The number of unbranched alkanes of at least 4 members (excludes halogenated alkanes) is 25. The van der Waals surface area contributed by atoms with Crippen LogP contribution in [0.4, 0.5) is 5.82 Å². The van der Waals surface area contributed by atoms with Crippen LogP contribution in [0.2, 0.25) is 0 Å². The second kappa shape index (κ2) is 53.2. The number of hydrogen-bond donors (Lipinski definition) is 2. The van der Waals surface area contributed by atoms with E-state index >= 15 is 0 Å². The van der Waals surface area contributed by atoms with Crippen molar-refractivity contribution in [2.24, 2.45) is 5.73 Å². The Hall–Kier alpha value is -2.43. The molecule has 1 unspecified atom stereocenters. The normalized spacial score (nSPS) is 11.5. The lowest BCUT2D eigenvalue weighted by molar-refractivity contribution is -0.108. The Kier molecular flexibility index (Phi) is 52.9. The minimum Gasteiger partial charge on any atom is -0.381 e. The summed E-state index contributed by atoms with van der Waals surface area (Å²) in [5.74, 6) is 0.0601. The number of ether oxygens (including phenoxy) is 2. The summed E-state index contributed by atoms with van der Waals surface area (Å²) < 4.78 is 10.9. The highest BCUT2D eigenvalue weighted by atomic mass is 16.5. The van der Waals surface area contributed by atoms with Crippen molar-refractivity contribution in [3.8, 4) is 0 Å². The highest BCUT2D eigenvalue weighted by Crippen LogP contribution is 2.17. The van der Waals surface area contributed by atoms with E-state index in [0.717, 1.165) is 77.3 Å². The summed E-state index contributed by atoms with van der Waals surface area (Å²) in [4.78, 5) is 42.5. The second-order valence-electron chi connectivity index (χ2n) is 18.0. The van der Waals surface area contributed by atoms with Crippen molar-refractivity contribution in [2.45, 2.75) is 265 Å². The van der Waals surface area contributed by atoms with E-state index in [4.69, 9.17) is 15.2 Å². The number of primary amides is 1. The minimum absolute atomic E-state index is 0.213. The van der Waals surface area contributed by atoms with Crippen LogP contribution >= 0.6 is 0 Å². The number of hydrogen-bond acceptors (Lipinski definition) is 9. The molecular formula is C54H105N5O5. The first-order chi connectivity index (χ1) is 31.4. The Bertz CT molecular complexity index is 1070. The molecule has 1 aromatic heterocycles. The number of nitrogens with one attached hydrogen (secondary N) is 1. The molecule has 1 rings (SSSR count). The molecule has 3 N–H and O–H groups in total. The minimum atomic E-state index is -0.557. The molecule has 0 radical (unpaired) electrons. The predicted molar refractivity (Wildman–Crippen MR) is 273 cm³/mol. The van der Waals surface area contributed by atoms with Crippen molar-refractivity contribution in [2.75, 3.05) is 45.7 Å². The van der Waals surface area contributed by atoms with Crippen LogP contribution in [0.15, 0.2) is 12.4 Å². The third-order valence-electron chi connectivity index (χ3n) is 12.2. The predicted octanol–water partition coefficient (Wildman–Crippen LogP) is 14.4. The molecule has 0 spiro atoms. The summed E-state index contributed by atoms with van der Waals surface area (Å²) in [5.41, 5.74) is 5.48. The van der Waals surface area contributed by atoms with Crippen molar-refractivity contribution in [1.29, 1.82) is 0 Å². The van der Waals surface area contributed by atoms with Crippen LogP contribution in [0, 0.1) is 0 Å². The van der Waals surface area contributed by atoms with Crippen molar-refractivity contribution in [1.82, 2.24) is 14.9 Å². The lowest BCUT2D eigenvalue weighted by atomic mass is 10.0. The van der Waals surface area contributed by atoms with Gasteiger partial charge in [-0.3, -0.25) is 4.79 Å². The lowest BCUT2D eigenvalue weighted by Crippen LogP contribution is -2.28.